The van der Waals surface area contributed by atoms with E-state index in [0.717, 1.165) is 16.5 Å². The topological polar surface area (TPSA) is 26.0 Å². The van der Waals surface area contributed by atoms with Crippen molar-refractivity contribution in [2.24, 2.45) is 5.73 Å². The lowest BCUT2D eigenvalue weighted by Crippen LogP contribution is -2.32. The Balaban J connectivity index is 3.20. The molecule has 3 heteroatoms. The van der Waals surface area contributed by atoms with E-state index in [1.165, 1.54) is 12.1 Å². The van der Waals surface area contributed by atoms with Crippen LogP contribution in [0.15, 0.2) is 22.7 Å². The van der Waals surface area contributed by atoms with E-state index in [4.69, 9.17) is 5.73 Å². The Morgan fingerprint density at radius 1 is 1.54 bits per heavy atom. The van der Waals surface area contributed by atoms with Crippen LogP contribution in [0.3, 0.4) is 0 Å². The minimum atomic E-state index is -0.471. The Kier molecular flexibility index (Phi) is 3.09. The van der Waals surface area contributed by atoms with Gasteiger partial charge in [0.25, 0.3) is 0 Å². The van der Waals surface area contributed by atoms with Gasteiger partial charge in [-0.2, -0.15) is 0 Å². The highest BCUT2D eigenvalue weighted by Gasteiger charge is 2.21. The average Bonchev–Trinajstić information content (AvgIpc) is 2.09. The van der Waals surface area contributed by atoms with Crippen molar-refractivity contribution in [3.05, 3.63) is 34.1 Å². The molecule has 13 heavy (non-hydrogen) atoms. The van der Waals surface area contributed by atoms with Gasteiger partial charge >= 0.3 is 0 Å². The third kappa shape index (κ3) is 2.29. The van der Waals surface area contributed by atoms with E-state index >= 15 is 0 Å². The predicted molar refractivity (Wildman–Crippen MR) is 55.9 cm³/mol. The zero-order valence-corrected chi connectivity index (χ0v) is 9.36. The molecule has 0 radical (unpaired) electrons. The smallest absolute Gasteiger partial charge is 0.123 e. The standard InChI is InChI=1S/C10H13BrFN/c1-3-10(2,13)8-6-7(12)4-5-9(8)11/h4-6H,3,13H2,1-2H3/t10-/m1/s1. The minimum Gasteiger partial charge on any atom is -0.322 e. The van der Waals surface area contributed by atoms with E-state index < -0.39 is 5.54 Å². The molecule has 1 aromatic carbocycles. The first-order valence-electron chi connectivity index (χ1n) is 4.22. The number of benzene rings is 1. The molecule has 0 fully saturated rings. The SMILES string of the molecule is CC[C@@](C)(N)c1cc(F)ccc1Br. The maximum atomic E-state index is 12.9. The molecular weight excluding hydrogens is 233 g/mol. The van der Waals surface area contributed by atoms with Crippen LogP contribution in [0.2, 0.25) is 0 Å². The number of rotatable bonds is 2. The fourth-order valence-electron chi connectivity index (χ4n) is 1.13. The molecular formula is C10H13BrFN. The highest BCUT2D eigenvalue weighted by molar-refractivity contribution is 9.10. The van der Waals surface area contributed by atoms with Gasteiger partial charge in [-0.25, -0.2) is 4.39 Å². The number of hydrogen-bond donors (Lipinski definition) is 1. The molecule has 0 saturated heterocycles. The highest BCUT2D eigenvalue weighted by Crippen LogP contribution is 2.29. The summed E-state index contributed by atoms with van der Waals surface area (Å²) < 4.78 is 13.8. The van der Waals surface area contributed by atoms with Crippen molar-refractivity contribution in [2.75, 3.05) is 0 Å². The second-order valence-corrected chi connectivity index (χ2v) is 4.25. The molecule has 0 unspecified atom stereocenters. The Hall–Kier alpha value is -0.410. The summed E-state index contributed by atoms with van der Waals surface area (Å²) in [7, 11) is 0. The fraction of sp³-hybridized carbons (Fsp3) is 0.400. The second kappa shape index (κ2) is 3.76. The molecule has 1 aromatic rings. The Bertz CT molecular complexity index is 310. The van der Waals surface area contributed by atoms with Gasteiger partial charge in [-0.15, -0.1) is 0 Å². The van der Waals surface area contributed by atoms with Crippen molar-refractivity contribution >= 4 is 15.9 Å². The third-order valence-electron chi connectivity index (χ3n) is 2.28. The summed E-state index contributed by atoms with van der Waals surface area (Å²) in [6, 6.07) is 4.58. The molecule has 0 spiro atoms. The zero-order valence-electron chi connectivity index (χ0n) is 7.77. The van der Waals surface area contributed by atoms with Crippen LogP contribution in [0.5, 0.6) is 0 Å². The van der Waals surface area contributed by atoms with Crippen LogP contribution < -0.4 is 5.73 Å². The van der Waals surface area contributed by atoms with Crippen LogP contribution in [-0.4, -0.2) is 0 Å². The summed E-state index contributed by atoms with van der Waals surface area (Å²) in [4.78, 5) is 0. The van der Waals surface area contributed by atoms with E-state index in [-0.39, 0.29) is 5.82 Å². The maximum Gasteiger partial charge on any atom is 0.123 e. The first-order chi connectivity index (χ1) is 5.97. The summed E-state index contributed by atoms with van der Waals surface area (Å²) in [6.07, 6.45) is 0.773. The lowest BCUT2D eigenvalue weighted by Gasteiger charge is -2.24. The molecule has 0 bridgehead atoms. The van der Waals surface area contributed by atoms with Gasteiger partial charge in [-0.1, -0.05) is 22.9 Å². The molecule has 1 rings (SSSR count). The van der Waals surface area contributed by atoms with E-state index in [2.05, 4.69) is 15.9 Å². The monoisotopic (exact) mass is 245 g/mol. The lowest BCUT2D eigenvalue weighted by atomic mass is 9.91. The zero-order chi connectivity index (χ0) is 10.1. The van der Waals surface area contributed by atoms with Gasteiger partial charge in [0.05, 0.1) is 0 Å². The van der Waals surface area contributed by atoms with Crippen molar-refractivity contribution in [3.8, 4) is 0 Å². The van der Waals surface area contributed by atoms with Gasteiger partial charge in [-0.05, 0) is 37.1 Å². The Labute approximate surface area is 86.3 Å². The third-order valence-corrected chi connectivity index (χ3v) is 2.97. The Morgan fingerprint density at radius 2 is 2.15 bits per heavy atom. The average molecular weight is 246 g/mol. The van der Waals surface area contributed by atoms with Crippen LogP contribution in [0.25, 0.3) is 0 Å². The first kappa shape index (κ1) is 10.7. The lowest BCUT2D eigenvalue weighted by molar-refractivity contribution is 0.470. The fourth-order valence-corrected chi connectivity index (χ4v) is 1.83. The molecule has 2 N–H and O–H groups in total. The molecule has 0 aromatic heterocycles. The molecule has 0 heterocycles. The van der Waals surface area contributed by atoms with Crippen LogP contribution >= 0.6 is 15.9 Å². The molecule has 0 aliphatic heterocycles. The molecule has 0 aliphatic rings. The normalized spacial score (nSPS) is 15.5. The molecule has 72 valence electrons. The molecule has 0 aliphatic carbocycles. The molecule has 1 nitrogen and oxygen atoms in total. The van der Waals surface area contributed by atoms with E-state index in [1.54, 1.807) is 6.07 Å². The van der Waals surface area contributed by atoms with Gasteiger partial charge in [0.15, 0.2) is 0 Å². The summed E-state index contributed by atoms with van der Waals surface area (Å²) in [5, 5.41) is 0. The van der Waals surface area contributed by atoms with E-state index in [1.807, 2.05) is 13.8 Å². The Morgan fingerprint density at radius 3 is 2.69 bits per heavy atom. The minimum absolute atomic E-state index is 0.247. The maximum absolute atomic E-state index is 12.9. The van der Waals surface area contributed by atoms with Gasteiger partial charge in [0.1, 0.15) is 5.82 Å². The van der Waals surface area contributed by atoms with Crippen molar-refractivity contribution in [2.45, 2.75) is 25.8 Å². The number of nitrogens with two attached hydrogens (primary N) is 1. The number of halogens is 2. The van der Waals surface area contributed by atoms with E-state index in [9.17, 15) is 4.39 Å². The highest BCUT2D eigenvalue weighted by atomic mass is 79.9. The van der Waals surface area contributed by atoms with Gasteiger partial charge < -0.3 is 5.73 Å². The van der Waals surface area contributed by atoms with Crippen LogP contribution in [0.4, 0.5) is 4.39 Å². The van der Waals surface area contributed by atoms with Crippen LogP contribution in [0, 0.1) is 5.82 Å². The van der Waals surface area contributed by atoms with Gasteiger partial charge in [-0.3, -0.25) is 0 Å². The van der Waals surface area contributed by atoms with Crippen molar-refractivity contribution in [1.82, 2.24) is 0 Å². The molecule has 0 amide bonds. The summed E-state index contributed by atoms with van der Waals surface area (Å²) in [5.74, 6) is -0.247. The summed E-state index contributed by atoms with van der Waals surface area (Å²) in [6.45, 7) is 3.88. The molecule has 0 saturated carbocycles. The van der Waals surface area contributed by atoms with Gasteiger partial charge in [0.2, 0.25) is 0 Å². The predicted octanol–water partition coefficient (Wildman–Crippen LogP) is 3.17. The largest absolute Gasteiger partial charge is 0.322 e. The quantitative estimate of drug-likeness (QED) is 0.852. The van der Waals surface area contributed by atoms with Crippen LogP contribution in [-0.2, 0) is 5.54 Å². The van der Waals surface area contributed by atoms with E-state index in [0.29, 0.717) is 0 Å². The van der Waals surface area contributed by atoms with Crippen molar-refractivity contribution in [3.63, 3.8) is 0 Å². The first-order valence-corrected chi connectivity index (χ1v) is 5.01. The van der Waals surface area contributed by atoms with Crippen molar-refractivity contribution in [1.29, 1.82) is 0 Å². The van der Waals surface area contributed by atoms with Crippen molar-refractivity contribution < 1.29 is 4.39 Å². The molecule has 1 atom stereocenters. The van der Waals surface area contributed by atoms with Crippen LogP contribution in [0.1, 0.15) is 25.8 Å². The second-order valence-electron chi connectivity index (χ2n) is 3.40. The number of hydrogen-bond acceptors (Lipinski definition) is 1. The summed E-state index contributed by atoms with van der Waals surface area (Å²) in [5.41, 5.74) is 6.35. The summed E-state index contributed by atoms with van der Waals surface area (Å²) >= 11 is 3.36. The van der Waals surface area contributed by atoms with Gasteiger partial charge in [0, 0.05) is 10.0 Å².